The van der Waals surface area contributed by atoms with E-state index in [1.165, 1.54) is 0 Å². The van der Waals surface area contributed by atoms with Crippen molar-refractivity contribution in [1.82, 2.24) is 9.78 Å². The second kappa shape index (κ2) is 4.02. The van der Waals surface area contributed by atoms with Gasteiger partial charge in [0.1, 0.15) is 0 Å². The van der Waals surface area contributed by atoms with E-state index in [1.807, 2.05) is 0 Å². The number of aliphatic hydroxyl groups excluding tert-OH is 1. The van der Waals surface area contributed by atoms with E-state index in [0.717, 1.165) is 19.3 Å². The number of carboxylic acids is 1. The Morgan fingerprint density at radius 1 is 1.60 bits per heavy atom. The van der Waals surface area contributed by atoms with E-state index in [4.69, 9.17) is 5.11 Å². The number of rotatable bonds is 3. The van der Waals surface area contributed by atoms with E-state index in [-0.39, 0.29) is 12.5 Å². The van der Waals surface area contributed by atoms with Gasteiger partial charge in [-0.3, -0.25) is 9.48 Å². The lowest BCUT2D eigenvalue weighted by Gasteiger charge is -2.17. The van der Waals surface area contributed by atoms with Crippen LogP contribution in [0.1, 0.15) is 31.0 Å². The van der Waals surface area contributed by atoms with Gasteiger partial charge in [-0.2, -0.15) is 5.10 Å². The second-order valence-electron chi connectivity index (χ2n) is 3.90. The first kappa shape index (κ1) is 10.2. The molecular formula is C10H14N2O3. The van der Waals surface area contributed by atoms with Crippen LogP contribution in [0.15, 0.2) is 12.3 Å². The van der Waals surface area contributed by atoms with Crippen LogP contribution in [0, 0.1) is 0 Å². The van der Waals surface area contributed by atoms with Gasteiger partial charge in [-0.25, -0.2) is 0 Å². The summed E-state index contributed by atoms with van der Waals surface area (Å²) < 4.78 is 1.66. The van der Waals surface area contributed by atoms with Gasteiger partial charge in [0.15, 0.2) is 0 Å². The molecule has 1 saturated carbocycles. The molecule has 2 atom stereocenters. The summed E-state index contributed by atoms with van der Waals surface area (Å²) in [5, 5.41) is 22.5. The first-order valence-corrected chi connectivity index (χ1v) is 5.10. The molecule has 2 rings (SSSR count). The van der Waals surface area contributed by atoms with E-state index < -0.39 is 12.1 Å². The molecule has 2 unspecified atom stereocenters. The fourth-order valence-electron chi connectivity index (χ4n) is 2.14. The first-order valence-electron chi connectivity index (χ1n) is 5.10. The van der Waals surface area contributed by atoms with E-state index >= 15 is 0 Å². The number of carboxylic acid groups (broad SMARTS) is 1. The van der Waals surface area contributed by atoms with E-state index in [2.05, 4.69) is 5.10 Å². The van der Waals surface area contributed by atoms with Gasteiger partial charge in [-0.1, -0.05) is 0 Å². The Morgan fingerprint density at radius 2 is 2.40 bits per heavy atom. The van der Waals surface area contributed by atoms with Crippen LogP contribution < -0.4 is 0 Å². The highest BCUT2D eigenvalue weighted by molar-refractivity contribution is 5.69. The van der Waals surface area contributed by atoms with Crippen molar-refractivity contribution in [3.05, 3.63) is 18.0 Å². The van der Waals surface area contributed by atoms with Crippen LogP contribution in [0.5, 0.6) is 0 Å². The van der Waals surface area contributed by atoms with E-state index in [0.29, 0.717) is 5.69 Å². The van der Waals surface area contributed by atoms with Gasteiger partial charge in [0.25, 0.3) is 0 Å². The zero-order valence-electron chi connectivity index (χ0n) is 8.33. The molecule has 15 heavy (non-hydrogen) atoms. The average Bonchev–Trinajstić information content (AvgIpc) is 2.73. The average molecular weight is 210 g/mol. The van der Waals surface area contributed by atoms with Crippen LogP contribution in [-0.4, -0.2) is 32.1 Å². The van der Waals surface area contributed by atoms with Gasteiger partial charge in [-0.15, -0.1) is 0 Å². The molecule has 82 valence electrons. The zero-order valence-corrected chi connectivity index (χ0v) is 8.33. The van der Waals surface area contributed by atoms with Crippen molar-refractivity contribution in [3.8, 4) is 0 Å². The van der Waals surface area contributed by atoms with Crippen molar-refractivity contribution < 1.29 is 15.0 Å². The number of hydrogen-bond donors (Lipinski definition) is 2. The highest BCUT2D eigenvalue weighted by atomic mass is 16.4. The lowest BCUT2D eigenvalue weighted by molar-refractivity contribution is -0.136. The number of aromatic nitrogens is 2. The molecule has 0 bridgehead atoms. The highest BCUT2D eigenvalue weighted by Gasteiger charge is 2.28. The molecule has 2 N–H and O–H groups in total. The topological polar surface area (TPSA) is 75.3 Å². The number of hydrogen-bond acceptors (Lipinski definition) is 3. The largest absolute Gasteiger partial charge is 0.481 e. The molecule has 5 nitrogen and oxygen atoms in total. The predicted octanol–water partition coefficient (Wildman–Crippen LogP) is 0.596. The zero-order chi connectivity index (χ0) is 10.8. The predicted molar refractivity (Wildman–Crippen MR) is 52.5 cm³/mol. The number of nitrogens with zero attached hydrogens (tertiary/aromatic N) is 2. The standard InChI is InChI=1S/C10H14N2O3/c13-9-3-1-2-8(9)12-7(4-5-11-12)6-10(14)15/h4-5,8-9,13H,1-3,6H2,(H,14,15). The SMILES string of the molecule is O=C(O)Cc1ccnn1C1CCCC1O. The van der Waals surface area contributed by atoms with Crippen molar-refractivity contribution in [2.75, 3.05) is 0 Å². The summed E-state index contributed by atoms with van der Waals surface area (Å²) in [6.45, 7) is 0. The highest BCUT2D eigenvalue weighted by Crippen LogP contribution is 2.30. The summed E-state index contributed by atoms with van der Waals surface area (Å²) in [4.78, 5) is 10.6. The van der Waals surface area contributed by atoms with Crippen LogP contribution in [0.3, 0.4) is 0 Å². The molecule has 0 radical (unpaired) electrons. The maximum Gasteiger partial charge on any atom is 0.309 e. The monoisotopic (exact) mass is 210 g/mol. The fourth-order valence-corrected chi connectivity index (χ4v) is 2.14. The fraction of sp³-hybridized carbons (Fsp3) is 0.600. The number of aliphatic carboxylic acids is 1. The van der Waals surface area contributed by atoms with Crippen molar-refractivity contribution in [2.45, 2.75) is 37.8 Å². The van der Waals surface area contributed by atoms with Crippen LogP contribution in [-0.2, 0) is 11.2 Å². The van der Waals surface area contributed by atoms with Gasteiger partial charge in [0.2, 0.25) is 0 Å². The van der Waals surface area contributed by atoms with Crippen molar-refractivity contribution >= 4 is 5.97 Å². The van der Waals surface area contributed by atoms with Crippen LogP contribution in [0.2, 0.25) is 0 Å². The molecule has 0 amide bonds. The quantitative estimate of drug-likeness (QED) is 0.765. The maximum absolute atomic E-state index is 10.6. The van der Waals surface area contributed by atoms with Crippen LogP contribution >= 0.6 is 0 Å². The van der Waals surface area contributed by atoms with Gasteiger partial charge in [-0.05, 0) is 25.3 Å². The van der Waals surface area contributed by atoms with Crippen molar-refractivity contribution in [1.29, 1.82) is 0 Å². The van der Waals surface area contributed by atoms with E-state index in [1.54, 1.807) is 16.9 Å². The Balaban J connectivity index is 2.20. The summed E-state index contributed by atoms with van der Waals surface area (Å²) in [5.41, 5.74) is 0.661. The third-order valence-corrected chi connectivity index (χ3v) is 2.84. The number of carbonyl (C=O) groups is 1. The summed E-state index contributed by atoms with van der Waals surface area (Å²) in [7, 11) is 0. The Morgan fingerprint density at radius 3 is 3.00 bits per heavy atom. The van der Waals surface area contributed by atoms with Gasteiger partial charge in [0, 0.05) is 11.9 Å². The molecule has 1 aliphatic rings. The molecule has 1 fully saturated rings. The molecular weight excluding hydrogens is 196 g/mol. The van der Waals surface area contributed by atoms with E-state index in [9.17, 15) is 9.90 Å². The Hall–Kier alpha value is -1.36. The molecule has 1 heterocycles. The lowest BCUT2D eigenvalue weighted by Crippen LogP contribution is -2.22. The molecule has 0 spiro atoms. The lowest BCUT2D eigenvalue weighted by atomic mass is 10.2. The molecule has 1 aromatic rings. The van der Waals surface area contributed by atoms with Gasteiger partial charge in [0.05, 0.1) is 18.6 Å². The summed E-state index contributed by atoms with van der Waals surface area (Å²) in [5.74, 6) is -0.871. The molecule has 0 saturated heterocycles. The van der Waals surface area contributed by atoms with Gasteiger partial charge >= 0.3 is 5.97 Å². The Bertz CT molecular complexity index is 361. The molecule has 1 aromatic heterocycles. The molecule has 5 heteroatoms. The molecule has 1 aliphatic carbocycles. The summed E-state index contributed by atoms with van der Waals surface area (Å²) in [6, 6.07) is 1.65. The Labute approximate surface area is 87.3 Å². The van der Waals surface area contributed by atoms with Gasteiger partial charge < -0.3 is 10.2 Å². The first-order chi connectivity index (χ1) is 7.18. The minimum absolute atomic E-state index is 0.0385. The smallest absolute Gasteiger partial charge is 0.309 e. The minimum atomic E-state index is -0.871. The third-order valence-electron chi connectivity index (χ3n) is 2.84. The minimum Gasteiger partial charge on any atom is -0.481 e. The Kier molecular flexibility index (Phi) is 2.73. The number of aliphatic hydroxyl groups is 1. The van der Waals surface area contributed by atoms with Crippen LogP contribution in [0.25, 0.3) is 0 Å². The normalized spacial score (nSPS) is 25.7. The maximum atomic E-state index is 10.6. The van der Waals surface area contributed by atoms with Crippen LogP contribution in [0.4, 0.5) is 0 Å². The van der Waals surface area contributed by atoms with Crippen molar-refractivity contribution in [2.24, 2.45) is 0 Å². The second-order valence-corrected chi connectivity index (χ2v) is 3.90. The summed E-state index contributed by atoms with van der Waals surface area (Å²) >= 11 is 0. The third kappa shape index (κ3) is 2.02. The molecule has 0 aromatic carbocycles. The molecule has 0 aliphatic heterocycles. The summed E-state index contributed by atoms with van der Waals surface area (Å²) in [6.07, 6.45) is 3.77. The van der Waals surface area contributed by atoms with Crippen molar-refractivity contribution in [3.63, 3.8) is 0 Å².